The van der Waals surface area contributed by atoms with Crippen LogP contribution in [0.3, 0.4) is 0 Å². The van der Waals surface area contributed by atoms with Crippen LogP contribution in [-0.4, -0.2) is 33.6 Å². The van der Waals surface area contributed by atoms with E-state index in [1.165, 1.54) is 25.0 Å². The van der Waals surface area contributed by atoms with Crippen LogP contribution < -0.4 is 10.5 Å². The first kappa shape index (κ1) is 16.3. The van der Waals surface area contributed by atoms with Crippen LogP contribution in [0.15, 0.2) is 53.3 Å². The fraction of sp³-hybridized carbons (Fsp3) is 0.174. The number of fused-ring (bicyclic) bond motifs is 4. The molecule has 6 rings (SSSR count). The summed E-state index contributed by atoms with van der Waals surface area (Å²) in [6, 6.07) is 14.7. The van der Waals surface area contributed by atoms with Gasteiger partial charge >= 0.3 is 5.97 Å². The summed E-state index contributed by atoms with van der Waals surface area (Å²) >= 11 is 0. The molecule has 0 spiro atoms. The zero-order chi connectivity index (χ0) is 19.7. The lowest BCUT2D eigenvalue weighted by Crippen LogP contribution is -2.18. The Balaban J connectivity index is 1.78. The summed E-state index contributed by atoms with van der Waals surface area (Å²) in [6.07, 6.45) is 2.37. The highest BCUT2D eigenvalue weighted by atomic mass is 16.4. The van der Waals surface area contributed by atoms with Gasteiger partial charge in [-0.1, -0.05) is 12.1 Å². The van der Waals surface area contributed by atoms with E-state index in [-0.39, 0.29) is 11.1 Å². The van der Waals surface area contributed by atoms with Crippen molar-refractivity contribution < 1.29 is 9.90 Å². The standard InChI is InChI=1S/C23H17N3O3/c27-22-16-5-3-4-14-18(25-10-1-2-11-25)9-7-15(20(14)16)21-24-17-12-13(23(28)29)6-8-19(17)26(21)22/h3-9,12H,1-2,10-11H2,(H,28,29). The molecule has 1 aliphatic rings. The normalized spacial score (nSPS) is 14.7. The third-order valence-electron chi connectivity index (χ3n) is 6.04. The fourth-order valence-electron chi connectivity index (χ4n) is 4.71. The Morgan fingerprint density at radius 2 is 1.76 bits per heavy atom. The van der Waals surface area contributed by atoms with Gasteiger partial charge in [-0.15, -0.1) is 0 Å². The SMILES string of the molecule is O=C(O)c1ccc2c(c1)nc1c3ccc(N4CCCC4)c4cccc(c(=O)n21)c43. The van der Waals surface area contributed by atoms with Crippen molar-refractivity contribution in [3.8, 4) is 0 Å². The van der Waals surface area contributed by atoms with Crippen molar-refractivity contribution in [2.75, 3.05) is 18.0 Å². The quantitative estimate of drug-likeness (QED) is 0.501. The molecular weight excluding hydrogens is 366 g/mol. The second-order valence-electron chi connectivity index (χ2n) is 7.64. The van der Waals surface area contributed by atoms with Gasteiger partial charge in [-0.05, 0) is 49.2 Å². The maximum absolute atomic E-state index is 13.4. The lowest BCUT2D eigenvalue weighted by atomic mass is 10.0. The van der Waals surface area contributed by atoms with Gasteiger partial charge in [-0.3, -0.25) is 9.20 Å². The number of rotatable bonds is 2. The average molecular weight is 383 g/mol. The van der Waals surface area contributed by atoms with Crippen molar-refractivity contribution in [3.63, 3.8) is 0 Å². The summed E-state index contributed by atoms with van der Waals surface area (Å²) in [5.74, 6) is -1.01. The van der Waals surface area contributed by atoms with E-state index in [2.05, 4.69) is 22.0 Å². The van der Waals surface area contributed by atoms with Gasteiger partial charge in [-0.2, -0.15) is 0 Å². The Morgan fingerprint density at radius 3 is 2.55 bits per heavy atom. The van der Waals surface area contributed by atoms with Gasteiger partial charge in [-0.25, -0.2) is 9.78 Å². The minimum Gasteiger partial charge on any atom is -0.478 e. The molecule has 0 unspecified atom stereocenters. The van der Waals surface area contributed by atoms with Gasteiger partial charge in [0.25, 0.3) is 5.56 Å². The van der Waals surface area contributed by atoms with Crippen LogP contribution >= 0.6 is 0 Å². The smallest absolute Gasteiger partial charge is 0.335 e. The molecule has 0 saturated carbocycles. The summed E-state index contributed by atoms with van der Waals surface area (Å²) in [7, 11) is 0. The molecule has 6 heteroatoms. The summed E-state index contributed by atoms with van der Waals surface area (Å²) in [6.45, 7) is 2.06. The highest BCUT2D eigenvalue weighted by Crippen LogP contribution is 2.36. The number of anilines is 1. The largest absolute Gasteiger partial charge is 0.478 e. The number of benzene rings is 3. The Morgan fingerprint density at radius 1 is 0.966 bits per heavy atom. The molecule has 3 heterocycles. The Bertz CT molecular complexity index is 1510. The van der Waals surface area contributed by atoms with Crippen LogP contribution in [0.25, 0.3) is 38.2 Å². The molecule has 0 atom stereocenters. The van der Waals surface area contributed by atoms with Crippen LogP contribution in [0.2, 0.25) is 0 Å². The number of aromatic carboxylic acids is 1. The number of hydrogen-bond acceptors (Lipinski definition) is 4. The van der Waals surface area contributed by atoms with E-state index >= 15 is 0 Å². The van der Waals surface area contributed by atoms with Gasteiger partial charge in [0, 0.05) is 40.3 Å². The van der Waals surface area contributed by atoms with Crippen molar-refractivity contribution in [1.29, 1.82) is 0 Å². The highest BCUT2D eigenvalue weighted by Gasteiger charge is 2.21. The van der Waals surface area contributed by atoms with E-state index in [4.69, 9.17) is 0 Å². The number of carboxylic acids is 1. The molecular formula is C23H17N3O3. The number of carboxylic acid groups (broad SMARTS) is 1. The Labute approximate surface area is 164 Å². The first-order valence-corrected chi connectivity index (χ1v) is 9.75. The van der Waals surface area contributed by atoms with Crippen molar-refractivity contribution in [1.82, 2.24) is 9.38 Å². The van der Waals surface area contributed by atoms with E-state index in [1.807, 2.05) is 18.2 Å². The molecule has 0 aliphatic carbocycles. The first-order valence-electron chi connectivity index (χ1n) is 9.75. The molecule has 1 N–H and O–H groups in total. The summed E-state index contributed by atoms with van der Waals surface area (Å²) < 4.78 is 1.60. The molecule has 29 heavy (non-hydrogen) atoms. The third kappa shape index (κ3) is 2.14. The van der Waals surface area contributed by atoms with E-state index in [1.54, 1.807) is 10.5 Å². The zero-order valence-electron chi connectivity index (χ0n) is 15.6. The van der Waals surface area contributed by atoms with E-state index in [0.29, 0.717) is 22.1 Å². The topological polar surface area (TPSA) is 74.9 Å². The zero-order valence-corrected chi connectivity index (χ0v) is 15.6. The maximum atomic E-state index is 13.4. The van der Waals surface area contributed by atoms with Crippen LogP contribution in [0.4, 0.5) is 5.69 Å². The molecule has 3 aromatic carbocycles. The molecule has 142 valence electrons. The summed E-state index contributed by atoms with van der Waals surface area (Å²) in [5.41, 5.74) is 2.91. The molecule has 0 bridgehead atoms. The maximum Gasteiger partial charge on any atom is 0.335 e. The second-order valence-corrected chi connectivity index (χ2v) is 7.64. The van der Waals surface area contributed by atoms with Crippen LogP contribution in [0.1, 0.15) is 23.2 Å². The molecule has 0 radical (unpaired) electrons. The minimum atomic E-state index is -1.01. The number of carbonyl (C=O) groups is 1. The monoisotopic (exact) mass is 383 g/mol. The van der Waals surface area contributed by atoms with Gasteiger partial charge in [0.15, 0.2) is 0 Å². The van der Waals surface area contributed by atoms with E-state index in [9.17, 15) is 14.7 Å². The number of imidazole rings is 1. The summed E-state index contributed by atoms with van der Waals surface area (Å²) in [4.78, 5) is 31.8. The van der Waals surface area contributed by atoms with Gasteiger partial charge in [0.2, 0.25) is 0 Å². The molecule has 5 aromatic rings. The third-order valence-corrected chi connectivity index (χ3v) is 6.04. The molecule has 1 fully saturated rings. The molecule has 0 amide bonds. The van der Waals surface area contributed by atoms with E-state index < -0.39 is 5.97 Å². The van der Waals surface area contributed by atoms with E-state index in [0.717, 1.165) is 34.9 Å². The van der Waals surface area contributed by atoms with Crippen molar-refractivity contribution in [3.05, 3.63) is 64.4 Å². The predicted octanol–water partition coefficient (Wildman–Crippen LogP) is 3.89. The molecule has 6 nitrogen and oxygen atoms in total. The van der Waals surface area contributed by atoms with Crippen molar-refractivity contribution in [2.24, 2.45) is 0 Å². The first-order chi connectivity index (χ1) is 14.1. The molecule has 2 aromatic heterocycles. The molecule has 1 saturated heterocycles. The number of aromatic nitrogens is 2. The average Bonchev–Trinajstić information content (AvgIpc) is 3.39. The van der Waals surface area contributed by atoms with Crippen LogP contribution in [0, 0.1) is 0 Å². The Kier molecular flexibility index (Phi) is 3.19. The second kappa shape index (κ2) is 5.67. The number of hydrogen-bond donors (Lipinski definition) is 1. The Hall–Kier alpha value is -3.67. The van der Waals surface area contributed by atoms with Gasteiger partial charge in [0.1, 0.15) is 5.65 Å². The lowest BCUT2D eigenvalue weighted by Gasteiger charge is -2.21. The highest BCUT2D eigenvalue weighted by molar-refractivity contribution is 6.19. The predicted molar refractivity (Wildman–Crippen MR) is 114 cm³/mol. The summed E-state index contributed by atoms with van der Waals surface area (Å²) in [5, 5.41) is 12.9. The van der Waals surface area contributed by atoms with Crippen LogP contribution in [-0.2, 0) is 0 Å². The number of pyridine rings is 1. The van der Waals surface area contributed by atoms with Crippen molar-refractivity contribution >= 4 is 49.9 Å². The minimum absolute atomic E-state index is 0.123. The van der Waals surface area contributed by atoms with Crippen molar-refractivity contribution in [2.45, 2.75) is 12.8 Å². The number of nitrogens with zero attached hydrogens (tertiary/aromatic N) is 3. The fourth-order valence-corrected chi connectivity index (χ4v) is 4.71. The van der Waals surface area contributed by atoms with Gasteiger partial charge < -0.3 is 10.0 Å². The lowest BCUT2D eigenvalue weighted by molar-refractivity contribution is 0.0697. The molecule has 1 aliphatic heterocycles. The van der Waals surface area contributed by atoms with Gasteiger partial charge in [0.05, 0.1) is 16.6 Å². The van der Waals surface area contributed by atoms with Crippen LogP contribution in [0.5, 0.6) is 0 Å².